The number of hydrogen-bond donors (Lipinski definition) is 0. The Bertz CT molecular complexity index is 453. The summed E-state index contributed by atoms with van der Waals surface area (Å²) in [5.41, 5.74) is 0.350. The van der Waals surface area contributed by atoms with Crippen molar-refractivity contribution in [1.29, 1.82) is 0 Å². The molecule has 1 aromatic heterocycles. The highest BCUT2D eigenvalue weighted by atomic mass is 16.5. The van der Waals surface area contributed by atoms with Crippen LogP contribution >= 0.6 is 0 Å². The van der Waals surface area contributed by atoms with Crippen molar-refractivity contribution in [1.82, 2.24) is 4.98 Å². The van der Waals surface area contributed by atoms with Gasteiger partial charge in [-0.1, -0.05) is 20.8 Å². The molecule has 1 unspecified atom stereocenters. The third-order valence-electron chi connectivity index (χ3n) is 3.18. The van der Waals surface area contributed by atoms with Crippen LogP contribution in [0.5, 0.6) is 0 Å². The predicted octanol–water partition coefficient (Wildman–Crippen LogP) is 3.00. The largest absolute Gasteiger partial charge is 0.463 e. The first-order valence-corrected chi connectivity index (χ1v) is 6.64. The first-order chi connectivity index (χ1) is 8.93. The number of methoxy groups -OCH3 is 1. The Kier molecular flexibility index (Phi) is 3.94. The van der Waals surface area contributed by atoms with Gasteiger partial charge in [0.15, 0.2) is 0 Å². The van der Waals surface area contributed by atoms with E-state index in [1.54, 1.807) is 0 Å². The standard InChI is InChI=1S/C14H21NO4/c1-14(2,3)11-10(13(16)17-4)19-12(15-11)9-7-5-6-8-18-9/h9H,5-8H2,1-4H3. The Hall–Kier alpha value is -1.36. The van der Waals surface area contributed by atoms with Crippen molar-refractivity contribution in [2.45, 2.75) is 51.6 Å². The van der Waals surface area contributed by atoms with Crippen LogP contribution in [-0.2, 0) is 14.9 Å². The second kappa shape index (κ2) is 5.33. The van der Waals surface area contributed by atoms with E-state index in [1.165, 1.54) is 7.11 Å². The highest BCUT2D eigenvalue weighted by Crippen LogP contribution is 2.32. The fraction of sp³-hybridized carbons (Fsp3) is 0.714. The molecule has 1 aliphatic heterocycles. The van der Waals surface area contributed by atoms with E-state index in [0.717, 1.165) is 19.3 Å². The second-order valence-electron chi connectivity index (χ2n) is 5.83. The Labute approximate surface area is 113 Å². The van der Waals surface area contributed by atoms with Crippen LogP contribution in [-0.4, -0.2) is 24.7 Å². The lowest BCUT2D eigenvalue weighted by atomic mass is 9.91. The number of ether oxygens (including phenoxy) is 2. The molecule has 0 spiro atoms. The van der Waals surface area contributed by atoms with Gasteiger partial charge in [0.25, 0.3) is 0 Å². The van der Waals surface area contributed by atoms with Gasteiger partial charge in [-0.2, -0.15) is 0 Å². The van der Waals surface area contributed by atoms with E-state index in [-0.39, 0.29) is 17.3 Å². The van der Waals surface area contributed by atoms with Crippen molar-refractivity contribution < 1.29 is 18.7 Å². The number of hydrogen-bond acceptors (Lipinski definition) is 5. The Morgan fingerprint density at radius 2 is 2.11 bits per heavy atom. The maximum atomic E-state index is 11.8. The molecule has 2 rings (SSSR count). The molecule has 0 aliphatic carbocycles. The van der Waals surface area contributed by atoms with Gasteiger partial charge in [-0.05, 0) is 19.3 Å². The van der Waals surface area contributed by atoms with E-state index in [4.69, 9.17) is 13.9 Å². The SMILES string of the molecule is COC(=O)c1oc(C2CCCCO2)nc1C(C)(C)C. The monoisotopic (exact) mass is 267 g/mol. The molecular weight excluding hydrogens is 246 g/mol. The van der Waals surface area contributed by atoms with Gasteiger partial charge in [0.2, 0.25) is 11.7 Å². The maximum absolute atomic E-state index is 11.8. The Morgan fingerprint density at radius 1 is 1.37 bits per heavy atom. The number of esters is 1. The van der Waals surface area contributed by atoms with Crippen molar-refractivity contribution in [2.75, 3.05) is 13.7 Å². The van der Waals surface area contributed by atoms with E-state index < -0.39 is 5.97 Å². The number of aromatic nitrogens is 1. The van der Waals surface area contributed by atoms with Crippen LogP contribution in [0, 0.1) is 0 Å². The van der Waals surface area contributed by atoms with Crippen molar-refractivity contribution in [3.63, 3.8) is 0 Å². The topological polar surface area (TPSA) is 61.6 Å². The van der Waals surface area contributed by atoms with E-state index in [2.05, 4.69) is 4.98 Å². The molecule has 5 nitrogen and oxygen atoms in total. The third kappa shape index (κ3) is 2.97. The zero-order valence-corrected chi connectivity index (χ0v) is 12.0. The molecule has 0 radical (unpaired) electrons. The van der Waals surface area contributed by atoms with E-state index in [1.807, 2.05) is 20.8 Å². The van der Waals surface area contributed by atoms with Gasteiger partial charge in [-0.3, -0.25) is 0 Å². The third-order valence-corrected chi connectivity index (χ3v) is 3.18. The zero-order chi connectivity index (χ0) is 14.0. The summed E-state index contributed by atoms with van der Waals surface area (Å²) in [6, 6.07) is 0. The maximum Gasteiger partial charge on any atom is 0.376 e. The van der Waals surface area contributed by atoms with Crippen molar-refractivity contribution in [3.8, 4) is 0 Å². The first-order valence-electron chi connectivity index (χ1n) is 6.64. The van der Waals surface area contributed by atoms with Crippen molar-refractivity contribution >= 4 is 5.97 Å². The summed E-state index contributed by atoms with van der Waals surface area (Å²) >= 11 is 0. The quantitative estimate of drug-likeness (QED) is 0.771. The summed E-state index contributed by atoms with van der Waals surface area (Å²) < 4.78 is 16.0. The first kappa shape index (κ1) is 14.1. The fourth-order valence-corrected chi connectivity index (χ4v) is 2.15. The molecule has 1 fully saturated rings. The van der Waals surface area contributed by atoms with E-state index >= 15 is 0 Å². The van der Waals surface area contributed by atoms with Gasteiger partial charge in [0, 0.05) is 12.0 Å². The molecule has 2 heterocycles. The van der Waals surface area contributed by atoms with Crippen LogP contribution in [0.2, 0.25) is 0 Å². The van der Waals surface area contributed by atoms with Gasteiger partial charge < -0.3 is 13.9 Å². The molecule has 0 aromatic carbocycles. The number of oxazole rings is 1. The lowest BCUT2D eigenvalue weighted by molar-refractivity contribution is -0.00247. The highest BCUT2D eigenvalue weighted by molar-refractivity contribution is 5.87. The molecule has 0 bridgehead atoms. The van der Waals surface area contributed by atoms with Crippen molar-refractivity contribution in [2.24, 2.45) is 0 Å². The summed E-state index contributed by atoms with van der Waals surface area (Å²) in [5.74, 6) is 0.198. The molecule has 0 saturated carbocycles. The van der Waals surface area contributed by atoms with Gasteiger partial charge in [0.1, 0.15) is 6.10 Å². The summed E-state index contributed by atoms with van der Waals surface area (Å²) in [6.07, 6.45) is 2.89. The summed E-state index contributed by atoms with van der Waals surface area (Å²) in [7, 11) is 1.34. The van der Waals surface area contributed by atoms with Crippen LogP contribution in [0.25, 0.3) is 0 Å². The normalized spacial score (nSPS) is 20.3. The molecular formula is C14H21NO4. The number of rotatable bonds is 2. The minimum atomic E-state index is -0.487. The fourth-order valence-electron chi connectivity index (χ4n) is 2.15. The average molecular weight is 267 g/mol. The predicted molar refractivity (Wildman–Crippen MR) is 69.1 cm³/mol. The Balaban J connectivity index is 2.36. The van der Waals surface area contributed by atoms with Crippen molar-refractivity contribution in [3.05, 3.63) is 17.3 Å². The molecule has 1 saturated heterocycles. The Morgan fingerprint density at radius 3 is 2.63 bits per heavy atom. The van der Waals surface area contributed by atoms with Crippen LogP contribution in [0.15, 0.2) is 4.42 Å². The van der Waals surface area contributed by atoms with E-state index in [0.29, 0.717) is 18.2 Å². The van der Waals surface area contributed by atoms with Crippen LogP contribution in [0.1, 0.15) is 68.3 Å². The summed E-state index contributed by atoms with van der Waals surface area (Å²) in [6.45, 7) is 6.68. The van der Waals surface area contributed by atoms with Gasteiger partial charge >= 0.3 is 5.97 Å². The van der Waals surface area contributed by atoms with Gasteiger partial charge in [-0.15, -0.1) is 0 Å². The lowest BCUT2D eigenvalue weighted by Crippen LogP contribution is -2.17. The molecule has 1 aromatic rings. The number of carbonyl (C=O) groups is 1. The summed E-state index contributed by atoms with van der Waals surface area (Å²) in [5, 5.41) is 0. The average Bonchev–Trinajstić information content (AvgIpc) is 2.84. The smallest absolute Gasteiger partial charge is 0.376 e. The zero-order valence-electron chi connectivity index (χ0n) is 12.0. The van der Waals surface area contributed by atoms with Gasteiger partial charge in [-0.25, -0.2) is 9.78 Å². The minimum absolute atomic E-state index is 0.145. The minimum Gasteiger partial charge on any atom is -0.463 e. The molecule has 1 atom stereocenters. The number of nitrogens with zero attached hydrogens (tertiary/aromatic N) is 1. The summed E-state index contributed by atoms with van der Waals surface area (Å²) in [4.78, 5) is 16.3. The molecule has 0 N–H and O–H groups in total. The molecule has 106 valence electrons. The van der Waals surface area contributed by atoms with Gasteiger partial charge in [0.05, 0.1) is 12.8 Å². The lowest BCUT2D eigenvalue weighted by Gasteiger charge is -2.19. The molecule has 0 amide bonds. The molecule has 5 heteroatoms. The van der Waals surface area contributed by atoms with E-state index in [9.17, 15) is 4.79 Å². The molecule has 1 aliphatic rings. The highest BCUT2D eigenvalue weighted by Gasteiger charge is 2.32. The van der Waals surface area contributed by atoms with Crippen LogP contribution in [0.3, 0.4) is 0 Å². The van der Waals surface area contributed by atoms with Crippen LogP contribution in [0.4, 0.5) is 0 Å². The van der Waals surface area contributed by atoms with Crippen LogP contribution < -0.4 is 0 Å². The molecule has 19 heavy (non-hydrogen) atoms. The second-order valence-corrected chi connectivity index (χ2v) is 5.83. The number of carbonyl (C=O) groups excluding carboxylic acids is 1.